The van der Waals surface area contributed by atoms with E-state index < -0.39 is 30.2 Å². The van der Waals surface area contributed by atoms with Crippen LogP contribution in [0.4, 0.5) is 5.69 Å². The summed E-state index contributed by atoms with van der Waals surface area (Å²) in [6.45, 7) is -0.510. The lowest BCUT2D eigenvalue weighted by Crippen LogP contribution is -2.31. The molecule has 216 valence electrons. The van der Waals surface area contributed by atoms with Gasteiger partial charge in [-0.25, -0.2) is 9.59 Å². The summed E-state index contributed by atoms with van der Waals surface area (Å²) >= 11 is 1.26. The molecule has 2 fully saturated rings. The van der Waals surface area contributed by atoms with Gasteiger partial charge in [-0.05, 0) is 84.7 Å². The zero-order chi connectivity index (χ0) is 29.9. The summed E-state index contributed by atoms with van der Waals surface area (Å²) in [5.41, 5.74) is 1.89. The number of ketones is 1. The molecule has 1 saturated carbocycles. The molecule has 3 aromatic carbocycles. The molecule has 3 atom stereocenters. The van der Waals surface area contributed by atoms with E-state index in [2.05, 4.69) is 12.1 Å². The Morgan fingerprint density at radius 2 is 1.53 bits per heavy atom. The van der Waals surface area contributed by atoms with Crippen LogP contribution >= 0.6 is 11.3 Å². The Labute approximate surface area is 251 Å². The van der Waals surface area contributed by atoms with Gasteiger partial charge in [0.05, 0.1) is 23.1 Å². The highest BCUT2D eigenvalue weighted by Gasteiger charge is 2.50. The molecule has 0 unspecified atom stereocenters. The molecule has 6 rings (SSSR count). The van der Waals surface area contributed by atoms with Crippen molar-refractivity contribution in [3.63, 3.8) is 0 Å². The number of thiophene rings is 1. The van der Waals surface area contributed by atoms with Crippen LogP contribution in [0.1, 0.15) is 61.1 Å². The van der Waals surface area contributed by atoms with Gasteiger partial charge in [-0.1, -0.05) is 42.5 Å². The Kier molecular flexibility index (Phi) is 7.98. The van der Waals surface area contributed by atoms with E-state index in [0.29, 0.717) is 23.4 Å². The summed E-state index contributed by atoms with van der Waals surface area (Å²) in [5.74, 6) is -2.44. The van der Waals surface area contributed by atoms with Crippen LogP contribution in [0.3, 0.4) is 0 Å². The second kappa shape index (κ2) is 12.1. The number of rotatable bonds is 8. The van der Waals surface area contributed by atoms with Crippen molar-refractivity contribution in [1.29, 1.82) is 0 Å². The quantitative estimate of drug-likeness (QED) is 0.105. The van der Waals surface area contributed by atoms with Gasteiger partial charge in [0.1, 0.15) is 10.6 Å². The van der Waals surface area contributed by atoms with Crippen LogP contribution in [-0.4, -0.2) is 36.1 Å². The van der Waals surface area contributed by atoms with Gasteiger partial charge in [0.25, 0.3) is 0 Å². The average Bonchev–Trinajstić information content (AvgIpc) is 3.67. The summed E-state index contributed by atoms with van der Waals surface area (Å²) in [5, 5.41) is 1.77. The monoisotopic (exact) mass is 593 g/mol. The predicted octanol–water partition coefficient (Wildman–Crippen LogP) is 6.08. The number of Topliss-reactive ketones (excluding diaryl/α,β-unsaturated/α-hetero) is 1. The first-order valence-electron chi connectivity index (χ1n) is 14.0. The number of hydrogen-bond acceptors (Lipinski definition) is 8. The van der Waals surface area contributed by atoms with Crippen molar-refractivity contribution in [2.24, 2.45) is 11.8 Å². The van der Waals surface area contributed by atoms with Crippen LogP contribution in [0.2, 0.25) is 0 Å². The van der Waals surface area contributed by atoms with Crippen molar-refractivity contribution in [2.45, 2.75) is 25.2 Å². The van der Waals surface area contributed by atoms with Crippen molar-refractivity contribution < 1.29 is 33.4 Å². The molecule has 0 N–H and O–H groups in total. The number of fused-ring (bicyclic) bond motifs is 1. The van der Waals surface area contributed by atoms with E-state index in [1.54, 1.807) is 29.6 Å². The number of nitrogens with zero attached hydrogens (tertiary/aromatic N) is 1. The Hall–Kier alpha value is -4.89. The molecular weight excluding hydrogens is 566 g/mol. The SMILES string of the molecule is O=C(COC(=O)c1cccc(N2C(=O)[C@H]3C[C@@H](c4ccccc4)CC[C@H]3C2=O)c1)c1ccc(OC(=O)c2cccs2)cc1. The normalized spacial score (nSPS) is 19.5. The largest absolute Gasteiger partial charge is 0.454 e. The van der Waals surface area contributed by atoms with Crippen LogP contribution in [0.5, 0.6) is 5.75 Å². The third-order valence-electron chi connectivity index (χ3n) is 7.98. The van der Waals surface area contributed by atoms with E-state index in [-0.39, 0.29) is 40.5 Å². The van der Waals surface area contributed by atoms with E-state index in [9.17, 15) is 24.0 Å². The van der Waals surface area contributed by atoms with Crippen molar-refractivity contribution in [2.75, 3.05) is 11.5 Å². The first-order chi connectivity index (χ1) is 20.9. The van der Waals surface area contributed by atoms with Crippen LogP contribution < -0.4 is 9.64 Å². The first kappa shape index (κ1) is 28.2. The maximum absolute atomic E-state index is 13.4. The molecule has 2 heterocycles. The number of imide groups is 1. The van der Waals surface area contributed by atoms with E-state index in [0.717, 1.165) is 6.42 Å². The Morgan fingerprint density at radius 3 is 2.28 bits per heavy atom. The smallest absolute Gasteiger partial charge is 0.353 e. The molecule has 8 nitrogen and oxygen atoms in total. The highest BCUT2D eigenvalue weighted by Crippen LogP contribution is 2.45. The molecule has 0 spiro atoms. The molecule has 1 aromatic heterocycles. The number of esters is 2. The topological polar surface area (TPSA) is 107 Å². The molecular formula is C34H27NO7S. The maximum atomic E-state index is 13.4. The Balaban J connectivity index is 1.07. The van der Waals surface area contributed by atoms with E-state index in [4.69, 9.17) is 9.47 Å². The number of anilines is 1. The van der Waals surface area contributed by atoms with Gasteiger partial charge in [-0.3, -0.25) is 19.3 Å². The summed E-state index contributed by atoms with van der Waals surface area (Å²) in [7, 11) is 0. The molecule has 1 aliphatic heterocycles. The highest BCUT2D eigenvalue weighted by atomic mass is 32.1. The minimum atomic E-state index is -0.752. The van der Waals surface area contributed by atoms with Crippen molar-refractivity contribution in [3.05, 3.63) is 118 Å². The van der Waals surface area contributed by atoms with Crippen molar-refractivity contribution in [3.8, 4) is 5.75 Å². The minimum absolute atomic E-state index is 0.124. The Morgan fingerprint density at radius 1 is 0.767 bits per heavy atom. The number of ether oxygens (including phenoxy) is 2. The van der Waals surface area contributed by atoms with Gasteiger partial charge in [-0.15, -0.1) is 11.3 Å². The fourth-order valence-corrected chi connectivity index (χ4v) is 6.39. The molecule has 2 aliphatic rings. The molecule has 0 radical (unpaired) electrons. The molecule has 0 bridgehead atoms. The molecule has 9 heteroatoms. The van der Waals surface area contributed by atoms with Crippen LogP contribution in [0.25, 0.3) is 0 Å². The van der Waals surface area contributed by atoms with Gasteiger partial charge in [0.2, 0.25) is 11.8 Å². The number of carbonyl (C=O) groups excluding carboxylic acids is 5. The summed E-state index contributed by atoms with van der Waals surface area (Å²) in [4.78, 5) is 66.0. The Bertz CT molecular complexity index is 1680. The molecule has 2 amide bonds. The van der Waals surface area contributed by atoms with Gasteiger partial charge in [0, 0.05) is 5.56 Å². The maximum Gasteiger partial charge on any atom is 0.353 e. The van der Waals surface area contributed by atoms with Crippen LogP contribution in [0.15, 0.2) is 96.4 Å². The lowest BCUT2D eigenvalue weighted by Gasteiger charge is -2.28. The molecule has 1 saturated heterocycles. The van der Waals surface area contributed by atoms with E-state index in [1.165, 1.54) is 58.2 Å². The van der Waals surface area contributed by atoms with Crippen LogP contribution in [0, 0.1) is 11.8 Å². The summed E-state index contributed by atoms with van der Waals surface area (Å²) in [6.07, 6.45) is 2.08. The fraction of sp³-hybridized carbons (Fsp3) is 0.206. The predicted molar refractivity (Wildman–Crippen MR) is 159 cm³/mol. The van der Waals surface area contributed by atoms with Gasteiger partial charge < -0.3 is 9.47 Å². The minimum Gasteiger partial charge on any atom is -0.454 e. The van der Waals surface area contributed by atoms with E-state index in [1.807, 2.05) is 18.2 Å². The zero-order valence-electron chi connectivity index (χ0n) is 23.0. The lowest BCUT2D eigenvalue weighted by atomic mass is 9.73. The van der Waals surface area contributed by atoms with Gasteiger partial charge in [0.15, 0.2) is 12.4 Å². The summed E-state index contributed by atoms with van der Waals surface area (Å²) in [6, 6.07) is 25.6. The second-order valence-electron chi connectivity index (χ2n) is 10.6. The van der Waals surface area contributed by atoms with Gasteiger partial charge >= 0.3 is 11.9 Å². The molecule has 1 aliphatic carbocycles. The summed E-state index contributed by atoms with van der Waals surface area (Å²) < 4.78 is 10.6. The fourth-order valence-electron chi connectivity index (χ4n) is 5.79. The van der Waals surface area contributed by atoms with Crippen LogP contribution in [-0.2, 0) is 14.3 Å². The number of benzene rings is 3. The number of carbonyl (C=O) groups is 5. The standard InChI is InChI=1S/C34H27NO7S/c36-29(22-11-14-26(15-12-22)42-34(40)30-10-5-17-43-30)20-41-33(39)24-8-4-9-25(18-24)35-31(37)27-16-13-23(19-28(27)32(35)38)21-6-2-1-3-7-21/h1-12,14-15,17-18,23,27-28H,13,16,19-20H2/t23-,27+,28-/m0/s1. The lowest BCUT2D eigenvalue weighted by molar-refractivity contribution is -0.122. The average molecular weight is 594 g/mol. The third kappa shape index (κ3) is 5.89. The first-order valence-corrected chi connectivity index (χ1v) is 14.9. The highest BCUT2D eigenvalue weighted by molar-refractivity contribution is 7.12. The third-order valence-corrected chi connectivity index (χ3v) is 8.83. The molecule has 43 heavy (non-hydrogen) atoms. The van der Waals surface area contributed by atoms with E-state index >= 15 is 0 Å². The zero-order valence-corrected chi connectivity index (χ0v) is 23.8. The van der Waals surface area contributed by atoms with Crippen molar-refractivity contribution >= 4 is 46.6 Å². The second-order valence-corrected chi connectivity index (χ2v) is 11.5. The van der Waals surface area contributed by atoms with Gasteiger partial charge in [-0.2, -0.15) is 0 Å². The number of hydrogen-bond donors (Lipinski definition) is 0. The number of amides is 2. The van der Waals surface area contributed by atoms with Crippen molar-refractivity contribution in [1.82, 2.24) is 0 Å². The molecule has 4 aromatic rings.